The van der Waals surface area contributed by atoms with Gasteiger partial charge < -0.3 is 5.32 Å². The summed E-state index contributed by atoms with van der Waals surface area (Å²) in [6.07, 6.45) is 3.42. The molecule has 1 aromatic rings. The highest BCUT2D eigenvalue weighted by molar-refractivity contribution is 5.23. The monoisotopic (exact) mass is 295 g/mol. The van der Waals surface area contributed by atoms with Crippen LogP contribution in [0, 0.1) is 23.5 Å². The van der Waals surface area contributed by atoms with Gasteiger partial charge in [-0.3, -0.25) is 0 Å². The van der Waals surface area contributed by atoms with Crippen molar-refractivity contribution in [2.75, 3.05) is 6.54 Å². The largest absolute Gasteiger partial charge is 0.312 e. The minimum absolute atomic E-state index is 0.0850. The highest BCUT2D eigenvalue weighted by Gasteiger charge is 2.30. The molecule has 0 spiro atoms. The maximum Gasteiger partial charge on any atom is 0.159 e. The Kier molecular flexibility index (Phi) is 5.03. The molecule has 21 heavy (non-hydrogen) atoms. The fraction of sp³-hybridized carbons (Fsp3) is 0.667. The Balaban J connectivity index is 2.16. The number of halogens is 2. The molecular weight excluding hydrogens is 268 g/mol. The Morgan fingerprint density at radius 3 is 2.48 bits per heavy atom. The zero-order valence-electron chi connectivity index (χ0n) is 13.5. The summed E-state index contributed by atoms with van der Waals surface area (Å²) in [6.45, 7) is 9.65. The molecule has 1 fully saturated rings. The van der Waals surface area contributed by atoms with E-state index in [4.69, 9.17) is 0 Å². The van der Waals surface area contributed by atoms with E-state index in [1.165, 1.54) is 18.6 Å². The maximum absolute atomic E-state index is 13.5. The summed E-state index contributed by atoms with van der Waals surface area (Å²) in [5.74, 6) is -0.0294. The molecule has 1 aliphatic carbocycles. The van der Waals surface area contributed by atoms with Crippen molar-refractivity contribution >= 4 is 0 Å². The van der Waals surface area contributed by atoms with Crippen LogP contribution in [0.2, 0.25) is 0 Å². The normalized spacial score (nSPS) is 26.9. The Morgan fingerprint density at radius 1 is 1.14 bits per heavy atom. The quantitative estimate of drug-likeness (QED) is 0.838. The summed E-state index contributed by atoms with van der Waals surface area (Å²) in [4.78, 5) is 0. The zero-order valence-corrected chi connectivity index (χ0v) is 13.5. The number of hydrogen-bond donors (Lipinski definition) is 1. The van der Waals surface area contributed by atoms with Gasteiger partial charge in [0.1, 0.15) is 0 Å². The number of nitrogens with one attached hydrogen (secondary N) is 1. The van der Waals surface area contributed by atoms with Crippen molar-refractivity contribution in [1.82, 2.24) is 5.32 Å². The lowest BCUT2D eigenvalue weighted by Crippen LogP contribution is -2.41. The molecule has 1 nitrogen and oxygen atoms in total. The lowest BCUT2D eigenvalue weighted by atomic mass is 9.71. The number of benzene rings is 1. The van der Waals surface area contributed by atoms with Crippen LogP contribution in [0.4, 0.5) is 8.78 Å². The van der Waals surface area contributed by atoms with Gasteiger partial charge in [0.15, 0.2) is 11.6 Å². The van der Waals surface area contributed by atoms with Crippen LogP contribution in [0.5, 0.6) is 0 Å². The molecule has 0 radical (unpaired) electrons. The van der Waals surface area contributed by atoms with E-state index in [2.05, 4.69) is 33.0 Å². The molecule has 0 saturated heterocycles. The zero-order chi connectivity index (χ0) is 15.6. The van der Waals surface area contributed by atoms with Crippen molar-refractivity contribution in [2.45, 2.75) is 58.4 Å². The van der Waals surface area contributed by atoms with Crippen LogP contribution in [-0.4, -0.2) is 12.1 Å². The molecule has 0 heterocycles. The molecular formula is C18H27F2N. The Morgan fingerprint density at radius 2 is 1.86 bits per heavy atom. The molecule has 0 aromatic heterocycles. The van der Waals surface area contributed by atoms with Gasteiger partial charge in [-0.1, -0.05) is 19.4 Å². The third-order valence-corrected chi connectivity index (χ3v) is 4.52. The summed E-state index contributed by atoms with van der Waals surface area (Å²) in [6, 6.07) is 4.41. The Bertz CT molecular complexity index is 479. The van der Waals surface area contributed by atoms with Gasteiger partial charge >= 0.3 is 0 Å². The van der Waals surface area contributed by atoms with Crippen LogP contribution < -0.4 is 5.32 Å². The number of rotatable bonds is 3. The van der Waals surface area contributed by atoms with E-state index in [0.29, 0.717) is 17.8 Å². The van der Waals surface area contributed by atoms with Gasteiger partial charge in [-0.2, -0.15) is 0 Å². The maximum atomic E-state index is 13.5. The molecule has 1 aromatic carbocycles. The van der Waals surface area contributed by atoms with E-state index >= 15 is 0 Å². The van der Waals surface area contributed by atoms with Gasteiger partial charge in [-0.15, -0.1) is 0 Å². The molecule has 1 N–H and O–H groups in total. The fourth-order valence-corrected chi connectivity index (χ4v) is 3.28. The van der Waals surface area contributed by atoms with Crippen LogP contribution in [0.3, 0.4) is 0 Å². The topological polar surface area (TPSA) is 12.0 Å². The number of hydrogen-bond acceptors (Lipinski definition) is 1. The van der Waals surface area contributed by atoms with Crippen LogP contribution in [0.25, 0.3) is 0 Å². The molecule has 1 aliphatic rings. The van der Waals surface area contributed by atoms with Gasteiger partial charge in [0.2, 0.25) is 0 Å². The van der Waals surface area contributed by atoms with Crippen molar-refractivity contribution < 1.29 is 8.78 Å². The summed E-state index contributed by atoms with van der Waals surface area (Å²) < 4.78 is 26.7. The molecule has 1 saturated carbocycles. The van der Waals surface area contributed by atoms with E-state index in [9.17, 15) is 8.78 Å². The van der Waals surface area contributed by atoms with Gasteiger partial charge in [-0.25, -0.2) is 8.78 Å². The lowest BCUT2D eigenvalue weighted by Gasteiger charge is -2.37. The van der Waals surface area contributed by atoms with Crippen LogP contribution in [0.1, 0.15) is 58.4 Å². The Labute approximate surface area is 127 Å². The van der Waals surface area contributed by atoms with Gasteiger partial charge in [-0.05, 0) is 75.6 Å². The Hall–Kier alpha value is -0.960. The van der Waals surface area contributed by atoms with Gasteiger partial charge in [0.05, 0.1) is 0 Å². The van der Waals surface area contributed by atoms with Crippen molar-refractivity contribution in [1.29, 1.82) is 0 Å². The van der Waals surface area contributed by atoms with Crippen molar-refractivity contribution in [3.05, 3.63) is 35.4 Å². The molecule has 3 unspecified atom stereocenters. The van der Waals surface area contributed by atoms with Gasteiger partial charge in [0, 0.05) is 5.54 Å². The molecule has 3 heteroatoms. The first-order valence-electron chi connectivity index (χ1n) is 7.96. The van der Waals surface area contributed by atoms with E-state index in [1.807, 2.05) is 0 Å². The smallest absolute Gasteiger partial charge is 0.159 e. The van der Waals surface area contributed by atoms with Crippen LogP contribution in [0.15, 0.2) is 18.2 Å². The molecule has 0 bridgehead atoms. The molecule has 0 aliphatic heterocycles. The van der Waals surface area contributed by atoms with E-state index in [-0.39, 0.29) is 5.54 Å². The van der Waals surface area contributed by atoms with Gasteiger partial charge in [0.25, 0.3) is 0 Å². The van der Waals surface area contributed by atoms with E-state index in [1.54, 1.807) is 6.07 Å². The summed E-state index contributed by atoms with van der Waals surface area (Å²) in [5.41, 5.74) is 1.03. The van der Waals surface area contributed by atoms with Crippen molar-refractivity contribution in [3.63, 3.8) is 0 Å². The van der Waals surface area contributed by atoms with Crippen LogP contribution >= 0.6 is 0 Å². The second-order valence-electron chi connectivity index (χ2n) is 7.59. The van der Waals surface area contributed by atoms with E-state index < -0.39 is 11.6 Å². The van der Waals surface area contributed by atoms with Crippen molar-refractivity contribution in [2.24, 2.45) is 11.8 Å². The third kappa shape index (κ3) is 4.50. The highest BCUT2D eigenvalue weighted by atomic mass is 19.2. The fourth-order valence-electron chi connectivity index (χ4n) is 3.28. The summed E-state index contributed by atoms with van der Waals surface area (Å²) in [5, 5.41) is 3.56. The SMILES string of the molecule is CC1CCC(CNC(C)(C)C)C(c2ccc(F)c(F)c2)C1. The standard InChI is InChI=1S/C18H27F2N/c1-12-5-6-14(11-21-18(2,3)4)15(9-12)13-7-8-16(19)17(20)10-13/h7-8,10,12,14-15,21H,5-6,9,11H2,1-4H3. The summed E-state index contributed by atoms with van der Waals surface area (Å²) in [7, 11) is 0. The first-order chi connectivity index (χ1) is 9.76. The lowest BCUT2D eigenvalue weighted by molar-refractivity contribution is 0.226. The molecule has 2 rings (SSSR count). The average Bonchev–Trinajstić information content (AvgIpc) is 2.39. The first kappa shape index (κ1) is 16.4. The minimum atomic E-state index is -0.757. The predicted octanol–water partition coefficient (Wildman–Crippen LogP) is 4.87. The predicted molar refractivity (Wildman–Crippen MR) is 83.4 cm³/mol. The summed E-state index contributed by atoms with van der Waals surface area (Å²) >= 11 is 0. The minimum Gasteiger partial charge on any atom is -0.312 e. The molecule has 0 amide bonds. The van der Waals surface area contributed by atoms with Crippen LogP contribution in [-0.2, 0) is 0 Å². The first-order valence-corrected chi connectivity index (χ1v) is 7.96. The van der Waals surface area contributed by atoms with Crippen molar-refractivity contribution in [3.8, 4) is 0 Å². The second kappa shape index (κ2) is 6.43. The molecule has 3 atom stereocenters. The molecule has 118 valence electrons. The average molecular weight is 295 g/mol. The highest BCUT2D eigenvalue weighted by Crippen LogP contribution is 2.40. The third-order valence-electron chi connectivity index (χ3n) is 4.52. The van der Waals surface area contributed by atoms with E-state index in [0.717, 1.165) is 24.9 Å². The second-order valence-corrected chi connectivity index (χ2v) is 7.59.